The molecular weight excluding hydrogens is 242 g/mol. The molecule has 0 bridgehead atoms. The molecule has 0 saturated heterocycles. The first kappa shape index (κ1) is 12.8. The highest BCUT2D eigenvalue weighted by Gasteiger charge is 2.07. The third-order valence-corrected chi connectivity index (χ3v) is 2.79. The Morgan fingerprint density at radius 3 is 2.00 bits per heavy atom. The van der Waals surface area contributed by atoms with Crippen LogP contribution in [0.15, 0.2) is 48.5 Å². The zero-order valence-corrected chi connectivity index (χ0v) is 10.4. The van der Waals surface area contributed by atoms with Crippen LogP contribution in [0.5, 0.6) is 0 Å². The molecule has 1 amide bonds. The summed E-state index contributed by atoms with van der Waals surface area (Å²) < 4.78 is 0. The predicted molar refractivity (Wildman–Crippen MR) is 72.2 cm³/mol. The summed E-state index contributed by atoms with van der Waals surface area (Å²) in [5, 5.41) is 11.5. The molecule has 0 fully saturated rings. The van der Waals surface area contributed by atoms with E-state index in [-0.39, 0.29) is 11.5 Å². The van der Waals surface area contributed by atoms with Crippen LogP contribution >= 0.6 is 0 Å². The van der Waals surface area contributed by atoms with E-state index in [1.165, 1.54) is 6.07 Å². The zero-order chi connectivity index (χ0) is 13.8. The number of hydrogen-bond donors (Lipinski definition) is 2. The maximum Gasteiger partial charge on any atom is 0.335 e. The zero-order valence-electron chi connectivity index (χ0n) is 10.4. The molecule has 0 aromatic heterocycles. The minimum absolute atomic E-state index is 0.170. The fourth-order valence-corrected chi connectivity index (χ4v) is 1.82. The molecule has 0 spiro atoms. The summed E-state index contributed by atoms with van der Waals surface area (Å²) >= 11 is 0. The molecule has 2 N–H and O–H groups in total. The van der Waals surface area contributed by atoms with Crippen molar-refractivity contribution in [1.82, 2.24) is 5.32 Å². The van der Waals surface area contributed by atoms with Crippen LogP contribution in [0.25, 0.3) is 11.1 Å². The van der Waals surface area contributed by atoms with E-state index in [9.17, 15) is 9.59 Å². The van der Waals surface area contributed by atoms with Crippen LogP contribution in [0.1, 0.15) is 20.7 Å². The number of carboxylic acid groups (broad SMARTS) is 1. The predicted octanol–water partition coefficient (Wildman–Crippen LogP) is 2.41. The van der Waals surface area contributed by atoms with Crippen LogP contribution < -0.4 is 5.32 Å². The lowest BCUT2D eigenvalue weighted by Gasteiger charge is -2.05. The number of amides is 1. The van der Waals surface area contributed by atoms with Gasteiger partial charge in [-0.05, 0) is 35.4 Å². The van der Waals surface area contributed by atoms with Crippen LogP contribution in [0.4, 0.5) is 0 Å². The summed E-state index contributed by atoms with van der Waals surface area (Å²) in [5.41, 5.74) is 2.35. The van der Waals surface area contributed by atoms with E-state index in [1.807, 2.05) is 12.1 Å². The van der Waals surface area contributed by atoms with Gasteiger partial charge >= 0.3 is 5.97 Å². The molecule has 4 nitrogen and oxygen atoms in total. The first-order valence-corrected chi connectivity index (χ1v) is 5.77. The Bertz CT molecular complexity index is 635. The average Bonchev–Trinajstić information content (AvgIpc) is 2.46. The second-order valence-corrected chi connectivity index (χ2v) is 4.05. The maximum atomic E-state index is 11.6. The van der Waals surface area contributed by atoms with Crippen LogP contribution in [-0.2, 0) is 0 Å². The van der Waals surface area contributed by atoms with Gasteiger partial charge in [-0.3, -0.25) is 4.79 Å². The van der Waals surface area contributed by atoms with Crippen molar-refractivity contribution >= 4 is 11.9 Å². The fourth-order valence-electron chi connectivity index (χ4n) is 1.82. The molecule has 2 aromatic carbocycles. The molecule has 0 saturated carbocycles. The molecule has 0 aliphatic rings. The number of benzene rings is 2. The van der Waals surface area contributed by atoms with E-state index in [2.05, 4.69) is 5.32 Å². The van der Waals surface area contributed by atoms with Crippen molar-refractivity contribution in [3.05, 3.63) is 59.7 Å². The minimum Gasteiger partial charge on any atom is -0.478 e. The van der Waals surface area contributed by atoms with Gasteiger partial charge < -0.3 is 10.4 Å². The summed E-state index contributed by atoms with van der Waals surface area (Å²) in [6.07, 6.45) is 0. The monoisotopic (exact) mass is 255 g/mol. The highest BCUT2D eigenvalue weighted by molar-refractivity contribution is 5.95. The van der Waals surface area contributed by atoms with Gasteiger partial charge in [-0.2, -0.15) is 0 Å². The summed E-state index contributed by atoms with van der Waals surface area (Å²) in [6.45, 7) is 0. The lowest BCUT2D eigenvalue weighted by Crippen LogP contribution is -2.17. The number of carbonyl (C=O) groups is 2. The van der Waals surface area contributed by atoms with Crippen LogP contribution in [0, 0.1) is 0 Å². The van der Waals surface area contributed by atoms with Gasteiger partial charge in [-0.15, -0.1) is 0 Å². The molecule has 4 heteroatoms. The quantitative estimate of drug-likeness (QED) is 0.885. The smallest absolute Gasteiger partial charge is 0.335 e. The van der Waals surface area contributed by atoms with Gasteiger partial charge in [-0.1, -0.05) is 24.3 Å². The van der Waals surface area contributed by atoms with Crippen molar-refractivity contribution in [2.24, 2.45) is 0 Å². The second-order valence-electron chi connectivity index (χ2n) is 4.05. The summed E-state index contributed by atoms with van der Waals surface area (Å²) in [6, 6.07) is 13.7. The van der Waals surface area contributed by atoms with E-state index in [0.717, 1.165) is 11.1 Å². The molecule has 0 aliphatic heterocycles. The van der Waals surface area contributed by atoms with Crippen molar-refractivity contribution in [2.45, 2.75) is 0 Å². The molecule has 0 heterocycles. The van der Waals surface area contributed by atoms with Gasteiger partial charge in [0.1, 0.15) is 0 Å². The van der Waals surface area contributed by atoms with Gasteiger partial charge in [0.2, 0.25) is 0 Å². The standard InChI is InChI=1S/C15H13NO3/c1-16-14(17)12-6-2-4-10(8-12)11-5-3-7-13(9-11)15(18)19/h2-9H,1H3,(H,16,17)(H,18,19). The lowest BCUT2D eigenvalue weighted by atomic mass is 10.0. The minimum atomic E-state index is -0.968. The molecule has 0 unspecified atom stereocenters. The number of hydrogen-bond acceptors (Lipinski definition) is 2. The van der Waals surface area contributed by atoms with Crippen LogP contribution in [0.3, 0.4) is 0 Å². The topological polar surface area (TPSA) is 66.4 Å². The summed E-state index contributed by atoms with van der Waals surface area (Å²) in [4.78, 5) is 22.5. The van der Waals surface area contributed by atoms with Crippen molar-refractivity contribution in [2.75, 3.05) is 7.05 Å². The summed E-state index contributed by atoms with van der Waals surface area (Å²) in [5.74, 6) is -1.14. The highest BCUT2D eigenvalue weighted by atomic mass is 16.4. The van der Waals surface area contributed by atoms with Gasteiger partial charge in [0.05, 0.1) is 5.56 Å². The molecule has 0 aliphatic carbocycles. The number of carboxylic acids is 1. The average molecular weight is 255 g/mol. The molecular formula is C15H13NO3. The van der Waals surface area contributed by atoms with Crippen LogP contribution in [-0.4, -0.2) is 24.0 Å². The summed E-state index contributed by atoms with van der Waals surface area (Å²) in [7, 11) is 1.57. The number of aromatic carboxylic acids is 1. The lowest BCUT2D eigenvalue weighted by molar-refractivity contribution is 0.0696. The number of carbonyl (C=O) groups excluding carboxylic acids is 1. The van der Waals surface area contributed by atoms with Crippen LogP contribution in [0.2, 0.25) is 0 Å². The SMILES string of the molecule is CNC(=O)c1cccc(-c2cccc(C(=O)O)c2)c1. The van der Waals surface area contributed by atoms with Crippen molar-refractivity contribution in [1.29, 1.82) is 0 Å². The molecule has 0 atom stereocenters. The van der Waals surface area contributed by atoms with Crippen molar-refractivity contribution in [3.63, 3.8) is 0 Å². The first-order chi connectivity index (χ1) is 9.11. The van der Waals surface area contributed by atoms with E-state index < -0.39 is 5.97 Å². The Hall–Kier alpha value is -2.62. The van der Waals surface area contributed by atoms with Gasteiger partial charge in [0.15, 0.2) is 0 Å². The Balaban J connectivity index is 2.44. The third-order valence-electron chi connectivity index (χ3n) is 2.79. The fraction of sp³-hybridized carbons (Fsp3) is 0.0667. The molecule has 2 rings (SSSR count). The molecule has 0 radical (unpaired) electrons. The molecule has 96 valence electrons. The van der Waals surface area contributed by atoms with Crippen molar-refractivity contribution in [3.8, 4) is 11.1 Å². The van der Waals surface area contributed by atoms with Gasteiger partial charge in [0.25, 0.3) is 5.91 Å². The molecule has 2 aromatic rings. The number of nitrogens with one attached hydrogen (secondary N) is 1. The molecule has 19 heavy (non-hydrogen) atoms. The van der Waals surface area contributed by atoms with Crippen molar-refractivity contribution < 1.29 is 14.7 Å². The van der Waals surface area contributed by atoms with Gasteiger partial charge in [-0.25, -0.2) is 4.79 Å². The highest BCUT2D eigenvalue weighted by Crippen LogP contribution is 2.21. The second kappa shape index (κ2) is 5.35. The Kier molecular flexibility index (Phi) is 3.61. The Morgan fingerprint density at radius 2 is 1.47 bits per heavy atom. The van der Waals surface area contributed by atoms with E-state index >= 15 is 0 Å². The van der Waals surface area contributed by atoms with E-state index in [4.69, 9.17) is 5.11 Å². The number of rotatable bonds is 3. The first-order valence-electron chi connectivity index (χ1n) is 5.77. The van der Waals surface area contributed by atoms with E-state index in [1.54, 1.807) is 37.4 Å². The van der Waals surface area contributed by atoms with E-state index in [0.29, 0.717) is 5.56 Å². The largest absolute Gasteiger partial charge is 0.478 e. The van der Waals surface area contributed by atoms with Gasteiger partial charge in [0, 0.05) is 12.6 Å². The Morgan fingerprint density at radius 1 is 0.947 bits per heavy atom. The Labute approximate surface area is 110 Å². The normalized spacial score (nSPS) is 9.95. The third kappa shape index (κ3) is 2.80. The maximum absolute atomic E-state index is 11.6.